The van der Waals surface area contributed by atoms with Crippen LogP contribution in [-0.4, -0.2) is 28.5 Å². The number of hydrogen-bond acceptors (Lipinski definition) is 6. The Hall–Kier alpha value is -4.58. The topological polar surface area (TPSA) is 149 Å². The van der Waals surface area contributed by atoms with E-state index in [-0.39, 0.29) is 40.4 Å². The lowest BCUT2D eigenvalue weighted by Crippen LogP contribution is -2.19. The number of benzene rings is 3. The summed E-state index contributed by atoms with van der Waals surface area (Å²) in [6.07, 6.45) is -3.44. The van der Waals surface area contributed by atoms with Crippen LogP contribution in [0.4, 0.5) is 35.9 Å². The van der Waals surface area contributed by atoms with Crippen molar-refractivity contribution in [3.63, 3.8) is 0 Å². The molecule has 0 fully saturated rings. The van der Waals surface area contributed by atoms with Crippen LogP contribution in [0.2, 0.25) is 0 Å². The molecule has 182 valence electrons. The highest BCUT2D eigenvalue weighted by atomic mass is 19.4. The Bertz CT molecular complexity index is 1280. The average Bonchev–Trinajstić information content (AvgIpc) is 2.80. The van der Waals surface area contributed by atoms with Gasteiger partial charge in [-0.2, -0.15) is 13.2 Å². The van der Waals surface area contributed by atoms with E-state index in [0.717, 1.165) is 18.2 Å². The quantitative estimate of drug-likeness (QED) is 0.111. The predicted octanol–water partition coefficient (Wildman–Crippen LogP) is 4.58. The van der Waals surface area contributed by atoms with E-state index in [9.17, 15) is 33.0 Å². The van der Waals surface area contributed by atoms with Gasteiger partial charge in [0.2, 0.25) is 0 Å². The van der Waals surface area contributed by atoms with Gasteiger partial charge in [-0.25, -0.2) is 15.4 Å². The fourth-order valence-corrected chi connectivity index (χ4v) is 3.18. The lowest BCUT2D eigenvalue weighted by molar-refractivity contribution is -0.137. The van der Waals surface area contributed by atoms with Crippen LogP contribution in [0, 0.1) is 0 Å². The molecule has 0 bridgehead atoms. The number of halogens is 3. The molecule has 0 spiro atoms. The van der Waals surface area contributed by atoms with Crippen molar-refractivity contribution in [1.82, 2.24) is 5.43 Å². The highest BCUT2D eigenvalue weighted by Crippen LogP contribution is 2.37. The standard InChI is InChI=1S/C23H20F3N5O4/c24-23(25,26)14-6-8-19(30-17-4-2-1-3-15(17)21(32)33)20(10-14)31-18-7-5-13(11-28-12-29-27)9-16(18)22(34)35/h1-10,12,30-31H,11,27H2,(H,28,29)(H,32,33)(H,34,35). The smallest absolute Gasteiger partial charge is 0.416 e. The van der Waals surface area contributed by atoms with Crippen molar-refractivity contribution in [2.24, 2.45) is 10.8 Å². The van der Waals surface area contributed by atoms with Crippen LogP contribution in [0.5, 0.6) is 0 Å². The van der Waals surface area contributed by atoms with Crippen LogP contribution >= 0.6 is 0 Å². The monoisotopic (exact) mass is 487 g/mol. The summed E-state index contributed by atoms with van der Waals surface area (Å²) in [6, 6.07) is 12.9. The second kappa shape index (κ2) is 10.6. The minimum atomic E-state index is -4.66. The minimum absolute atomic E-state index is 0.0241. The van der Waals surface area contributed by atoms with E-state index in [1.165, 1.54) is 36.7 Å². The second-order valence-corrected chi connectivity index (χ2v) is 7.18. The van der Waals surface area contributed by atoms with Gasteiger partial charge in [0.05, 0.1) is 52.3 Å². The molecule has 3 aromatic rings. The first-order valence-corrected chi connectivity index (χ1v) is 9.98. The van der Waals surface area contributed by atoms with Crippen LogP contribution < -0.4 is 21.9 Å². The molecule has 0 unspecified atom stereocenters. The molecule has 0 amide bonds. The molecule has 9 nitrogen and oxygen atoms in total. The molecule has 3 aromatic carbocycles. The molecule has 0 radical (unpaired) electrons. The first kappa shape index (κ1) is 25.1. The molecule has 0 aromatic heterocycles. The van der Waals surface area contributed by atoms with Crippen LogP contribution in [0.25, 0.3) is 0 Å². The number of nitrogens with zero attached hydrogens (tertiary/aromatic N) is 1. The normalized spacial score (nSPS) is 11.3. The summed E-state index contributed by atoms with van der Waals surface area (Å²) in [5.74, 6) is 2.55. The van der Waals surface area contributed by atoms with Crippen molar-refractivity contribution >= 4 is 41.0 Å². The first-order valence-electron chi connectivity index (χ1n) is 9.98. The highest BCUT2D eigenvalue weighted by molar-refractivity contribution is 5.98. The molecule has 0 heterocycles. The number of nitrogens with two attached hydrogens (primary N) is 1. The summed E-state index contributed by atoms with van der Waals surface area (Å²) in [4.78, 5) is 27.3. The summed E-state index contributed by atoms with van der Waals surface area (Å²) in [7, 11) is 0. The Balaban J connectivity index is 2.05. The Labute approximate surface area is 197 Å². The molecular weight excluding hydrogens is 467 g/mol. The molecule has 7 N–H and O–H groups in total. The zero-order valence-corrected chi connectivity index (χ0v) is 17.9. The summed E-state index contributed by atoms with van der Waals surface area (Å²) >= 11 is 0. The summed E-state index contributed by atoms with van der Waals surface area (Å²) in [5.41, 5.74) is 1.63. The van der Waals surface area contributed by atoms with Gasteiger partial charge in [-0.05, 0) is 48.0 Å². The molecule has 0 aliphatic rings. The van der Waals surface area contributed by atoms with Gasteiger partial charge in [0.25, 0.3) is 0 Å². The Morgan fingerprint density at radius 2 is 1.49 bits per heavy atom. The number of hydrogen-bond donors (Lipinski definition) is 6. The predicted molar refractivity (Wildman–Crippen MR) is 124 cm³/mol. The van der Waals surface area contributed by atoms with Gasteiger partial charge >= 0.3 is 18.1 Å². The van der Waals surface area contributed by atoms with Gasteiger partial charge in [-0.15, -0.1) is 0 Å². The molecule has 0 aliphatic carbocycles. The van der Waals surface area contributed by atoms with E-state index in [1.54, 1.807) is 12.1 Å². The maximum atomic E-state index is 13.4. The minimum Gasteiger partial charge on any atom is -0.478 e. The van der Waals surface area contributed by atoms with E-state index >= 15 is 0 Å². The number of aliphatic imine (C=N–C) groups is 1. The Morgan fingerprint density at radius 1 is 0.857 bits per heavy atom. The van der Waals surface area contributed by atoms with Gasteiger partial charge < -0.3 is 26.3 Å². The summed E-state index contributed by atoms with van der Waals surface area (Å²) in [5, 5.41) is 24.6. The number of carboxylic acid groups (broad SMARTS) is 2. The summed E-state index contributed by atoms with van der Waals surface area (Å²) in [6.45, 7) is 0.118. The van der Waals surface area contributed by atoms with Crippen molar-refractivity contribution in [2.75, 3.05) is 10.6 Å². The van der Waals surface area contributed by atoms with Gasteiger partial charge in [0.1, 0.15) is 0 Å². The number of alkyl halides is 3. The fourth-order valence-electron chi connectivity index (χ4n) is 3.18. The van der Waals surface area contributed by atoms with Crippen LogP contribution in [0.15, 0.2) is 65.7 Å². The van der Waals surface area contributed by atoms with Crippen LogP contribution in [0.1, 0.15) is 31.8 Å². The SMILES string of the molecule is NNC=NCc1ccc(Nc2cc(C(F)(F)F)ccc2Nc2ccccc2C(=O)O)c(C(=O)O)c1. The van der Waals surface area contributed by atoms with Crippen molar-refractivity contribution in [3.05, 3.63) is 82.9 Å². The van der Waals surface area contributed by atoms with E-state index in [2.05, 4.69) is 21.1 Å². The van der Waals surface area contributed by atoms with E-state index in [4.69, 9.17) is 5.84 Å². The zero-order chi connectivity index (χ0) is 25.6. The Morgan fingerprint density at radius 3 is 2.14 bits per heavy atom. The third-order valence-corrected chi connectivity index (χ3v) is 4.80. The number of carbonyl (C=O) groups is 2. The second-order valence-electron chi connectivity index (χ2n) is 7.18. The first-order chi connectivity index (χ1) is 16.6. The highest BCUT2D eigenvalue weighted by Gasteiger charge is 2.31. The lowest BCUT2D eigenvalue weighted by Gasteiger charge is -2.19. The van der Waals surface area contributed by atoms with Crippen LogP contribution in [0.3, 0.4) is 0 Å². The van der Waals surface area contributed by atoms with Gasteiger partial charge in [-0.3, -0.25) is 4.99 Å². The average molecular weight is 487 g/mol. The molecule has 35 heavy (non-hydrogen) atoms. The molecule has 0 saturated carbocycles. The van der Waals surface area contributed by atoms with Crippen LogP contribution in [-0.2, 0) is 12.7 Å². The van der Waals surface area contributed by atoms with Gasteiger partial charge in [0.15, 0.2) is 0 Å². The molecule has 0 saturated heterocycles. The number of rotatable bonds is 9. The maximum Gasteiger partial charge on any atom is 0.416 e. The molecule has 12 heteroatoms. The largest absolute Gasteiger partial charge is 0.478 e. The number of aromatic carboxylic acids is 2. The van der Waals surface area contributed by atoms with Crippen molar-refractivity contribution < 1.29 is 33.0 Å². The number of para-hydroxylation sites is 1. The Kier molecular flexibility index (Phi) is 7.56. The van der Waals surface area contributed by atoms with Crippen molar-refractivity contribution in [2.45, 2.75) is 12.7 Å². The van der Waals surface area contributed by atoms with E-state index in [0.29, 0.717) is 5.56 Å². The summed E-state index contributed by atoms with van der Waals surface area (Å²) < 4.78 is 40.2. The maximum absolute atomic E-state index is 13.4. The third-order valence-electron chi connectivity index (χ3n) is 4.80. The van der Waals surface area contributed by atoms with Gasteiger partial charge in [0, 0.05) is 0 Å². The van der Waals surface area contributed by atoms with Gasteiger partial charge in [-0.1, -0.05) is 18.2 Å². The van der Waals surface area contributed by atoms with E-state index < -0.39 is 23.7 Å². The lowest BCUT2D eigenvalue weighted by atomic mass is 10.1. The number of anilines is 4. The third kappa shape index (κ3) is 6.26. The number of hydrazine groups is 1. The molecule has 0 aliphatic heterocycles. The molecule has 3 rings (SSSR count). The van der Waals surface area contributed by atoms with Crippen molar-refractivity contribution in [3.8, 4) is 0 Å². The molecular formula is C23H20F3N5O4. The fraction of sp³-hybridized carbons (Fsp3) is 0.0870. The van der Waals surface area contributed by atoms with E-state index in [1.807, 2.05) is 0 Å². The number of nitrogens with one attached hydrogen (secondary N) is 3. The molecule has 0 atom stereocenters. The van der Waals surface area contributed by atoms with Crippen molar-refractivity contribution in [1.29, 1.82) is 0 Å². The number of carboxylic acids is 2. The zero-order valence-electron chi connectivity index (χ0n) is 17.9.